The molecule has 1 unspecified atom stereocenters. The number of sulfonamides is 1. The fraction of sp³-hybridized carbons (Fsp3) is 0.320. The number of carbonyl (C=O) groups is 2. The molecule has 3 aromatic rings. The van der Waals surface area contributed by atoms with E-state index in [2.05, 4.69) is 20.9 Å². The fourth-order valence-electron chi connectivity index (χ4n) is 5.03. The second kappa shape index (κ2) is 10.7. The average molecular weight is 677 g/mol. The number of alkyl halides is 2. The molecule has 3 heterocycles. The van der Waals surface area contributed by atoms with Gasteiger partial charge in [0.05, 0.1) is 11.9 Å². The smallest absolute Gasteiger partial charge is 0.315 e. The molecule has 40 heavy (non-hydrogen) atoms. The zero-order valence-electron chi connectivity index (χ0n) is 20.9. The molecule has 15 heteroatoms. The average Bonchev–Trinajstić information content (AvgIpc) is 3.43. The highest BCUT2D eigenvalue weighted by Gasteiger charge is 2.52. The largest absolute Gasteiger partial charge is 0.335 e. The summed E-state index contributed by atoms with van der Waals surface area (Å²) in [7, 11) is -4.26. The van der Waals surface area contributed by atoms with Gasteiger partial charge in [-0.3, -0.25) is 14.2 Å². The molecule has 1 saturated heterocycles. The maximum atomic E-state index is 14.1. The Kier molecular flexibility index (Phi) is 7.72. The Labute approximate surface area is 247 Å². The number of anilines is 2. The summed E-state index contributed by atoms with van der Waals surface area (Å²) in [4.78, 5) is 32.4. The number of piperazine rings is 1. The molecule has 0 radical (unpaired) electrons. The minimum Gasteiger partial charge on any atom is -0.335 e. The SMILES string of the molecule is CC1(Cc2ccc(Br)cc2)C(=O)N(c2cc(Cl)cc(Cl)c2)c2ncc(S(=O)(=O)N3CCN(C(=O)C(F)F)CC3)n21. The van der Waals surface area contributed by atoms with E-state index < -0.39 is 33.8 Å². The minimum absolute atomic E-state index is 0.0630. The summed E-state index contributed by atoms with van der Waals surface area (Å²) in [5.41, 5.74) is -0.339. The predicted octanol–water partition coefficient (Wildman–Crippen LogP) is 4.69. The van der Waals surface area contributed by atoms with Gasteiger partial charge in [-0.25, -0.2) is 18.3 Å². The van der Waals surface area contributed by atoms with Crippen LogP contribution < -0.4 is 4.90 Å². The van der Waals surface area contributed by atoms with Crippen molar-refractivity contribution in [1.29, 1.82) is 0 Å². The highest BCUT2D eigenvalue weighted by molar-refractivity contribution is 9.10. The van der Waals surface area contributed by atoms with Crippen molar-refractivity contribution in [1.82, 2.24) is 18.8 Å². The quantitative estimate of drug-likeness (QED) is 0.378. The summed E-state index contributed by atoms with van der Waals surface area (Å²) in [6, 6.07) is 11.9. The van der Waals surface area contributed by atoms with E-state index in [1.807, 2.05) is 24.3 Å². The molecular weight excluding hydrogens is 655 g/mol. The van der Waals surface area contributed by atoms with Gasteiger partial charge in [-0.2, -0.15) is 13.1 Å². The predicted molar refractivity (Wildman–Crippen MR) is 149 cm³/mol. The van der Waals surface area contributed by atoms with Gasteiger partial charge in [0.25, 0.3) is 21.8 Å². The molecule has 1 fully saturated rings. The van der Waals surface area contributed by atoms with Crippen molar-refractivity contribution >= 4 is 72.6 Å². The Morgan fingerprint density at radius 3 is 2.25 bits per heavy atom. The number of fused-ring (bicyclic) bond motifs is 1. The summed E-state index contributed by atoms with van der Waals surface area (Å²) < 4.78 is 56.9. The van der Waals surface area contributed by atoms with E-state index in [4.69, 9.17) is 23.2 Å². The minimum atomic E-state index is -4.26. The van der Waals surface area contributed by atoms with Gasteiger partial charge in [-0.05, 0) is 42.8 Å². The number of amides is 2. The van der Waals surface area contributed by atoms with E-state index in [9.17, 15) is 26.8 Å². The van der Waals surface area contributed by atoms with Gasteiger partial charge in [0, 0.05) is 47.1 Å². The Balaban J connectivity index is 1.58. The first kappa shape index (κ1) is 28.9. The first-order chi connectivity index (χ1) is 18.8. The topological polar surface area (TPSA) is 95.8 Å². The van der Waals surface area contributed by atoms with Crippen molar-refractivity contribution in [3.05, 3.63) is 68.7 Å². The number of aromatic nitrogens is 2. The molecule has 0 N–H and O–H groups in total. The van der Waals surface area contributed by atoms with Crippen LogP contribution in [0.4, 0.5) is 20.4 Å². The lowest BCUT2D eigenvalue weighted by Gasteiger charge is -2.34. The molecule has 0 spiro atoms. The normalized spacial score (nSPS) is 19.9. The highest BCUT2D eigenvalue weighted by Crippen LogP contribution is 2.45. The van der Waals surface area contributed by atoms with Gasteiger partial charge in [0.2, 0.25) is 5.95 Å². The van der Waals surface area contributed by atoms with Crippen molar-refractivity contribution in [2.75, 3.05) is 31.1 Å². The highest BCUT2D eigenvalue weighted by atomic mass is 79.9. The molecule has 1 aromatic heterocycles. The number of benzene rings is 2. The third-order valence-electron chi connectivity index (χ3n) is 6.98. The molecule has 0 saturated carbocycles. The van der Waals surface area contributed by atoms with Crippen molar-refractivity contribution in [3.8, 4) is 0 Å². The number of hydrogen-bond donors (Lipinski definition) is 0. The summed E-state index contributed by atoms with van der Waals surface area (Å²) in [6.07, 6.45) is -1.86. The monoisotopic (exact) mass is 675 g/mol. The van der Waals surface area contributed by atoms with Crippen molar-refractivity contribution < 1.29 is 26.8 Å². The summed E-state index contributed by atoms with van der Waals surface area (Å²) in [5, 5.41) is 0.317. The van der Waals surface area contributed by atoms with Gasteiger partial charge in [0.1, 0.15) is 5.54 Å². The Morgan fingerprint density at radius 2 is 1.68 bits per heavy atom. The van der Waals surface area contributed by atoms with Crippen LogP contribution in [0.2, 0.25) is 10.0 Å². The van der Waals surface area contributed by atoms with Gasteiger partial charge in [-0.1, -0.05) is 51.3 Å². The lowest BCUT2D eigenvalue weighted by atomic mass is 9.92. The lowest BCUT2D eigenvalue weighted by molar-refractivity contribution is -0.144. The molecule has 5 rings (SSSR count). The number of carbonyl (C=O) groups excluding carboxylic acids is 2. The van der Waals surface area contributed by atoms with E-state index >= 15 is 0 Å². The number of halogens is 5. The Morgan fingerprint density at radius 1 is 1.07 bits per heavy atom. The Hall–Kier alpha value is -2.58. The first-order valence-electron chi connectivity index (χ1n) is 12.0. The second-order valence-electron chi connectivity index (χ2n) is 9.61. The molecule has 9 nitrogen and oxygen atoms in total. The zero-order valence-corrected chi connectivity index (χ0v) is 24.8. The molecule has 2 aliphatic heterocycles. The van der Waals surface area contributed by atoms with Gasteiger partial charge in [-0.15, -0.1) is 0 Å². The Bertz CT molecular complexity index is 1580. The maximum absolute atomic E-state index is 14.1. The van der Waals surface area contributed by atoms with Crippen molar-refractivity contribution in [2.24, 2.45) is 0 Å². The van der Waals surface area contributed by atoms with E-state index in [1.165, 1.54) is 33.9 Å². The van der Waals surface area contributed by atoms with E-state index in [-0.39, 0.29) is 53.6 Å². The van der Waals surface area contributed by atoms with Crippen molar-refractivity contribution in [2.45, 2.75) is 30.3 Å². The third-order valence-corrected chi connectivity index (χ3v) is 9.80. The molecular formula is C25H22BrCl2F2N5O4S. The maximum Gasteiger partial charge on any atom is 0.315 e. The van der Waals surface area contributed by atoms with Crippen LogP contribution in [0, 0.1) is 0 Å². The van der Waals surface area contributed by atoms with Crippen LogP contribution in [-0.4, -0.2) is 71.6 Å². The number of rotatable bonds is 6. The lowest BCUT2D eigenvalue weighted by Crippen LogP contribution is -2.52. The number of nitrogens with zero attached hydrogens (tertiary/aromatic N) is 5. The van der Waals surface area contributed by atoms with Gasteiger partial charge < -0.3 is 4.90 Å². The number of imidazole rings is 1. The van der Waals surface area contributed by atoms with E-state index in [1.54, 1.807) is 6.92 Å². The van der Waals surface area contributed by atoms with Crippen LogP contribution in [0.1, 0.15) is 12.5 Å². The van der Waals surface area contributed by atoms with Gasteiger partial charge >= 0.3 is 6.43 Å². The number of hydrogen-bond acceptors (Lipinski definition) is 5. The zero-order chi connectivity index (χ0) is 29.0. The van der Waals surface area contributed by atoms with Crippen LogP contribution >= 0.6 is 39.1 Å². The summed E-state index contributed by atoms with van der Waals surface area (Å²) in [6.45, 7) is 0.878. The summed E-state index contributed by atoms with van der Waals surface area (Å²) in [5.74, 6) is -1.72. The molecule has 2 amide bonds. The van der Waals surface area contributed by atoms with E-state index in [0.29, 0.717) is 5.69 Å². The third kappa shape index (κ3) is 5.02. The van der Waals surface area contributed by atoms with Crippen LogP contribution in [-0.2, 0) is 31.6 Å². The fourth-order valence-corrected chi connectivity index (χ4v) is 7.42. The van der Waals surface area contributed by atoms with Crippen LogP contribution in [0.5, 0.6) is 0 Å². The van der Waals surface area contributed by atoms with Crippen molar-refractivity contribution in [3.63, 3.8) is 0 Å². The molecule has 2 aromatic carbocycles. The summed E-state index contributed by atoms with van der Waals surface area (Å²) >= 11 is 15.8. The molecule has 1 atom stereocenters. The standard InChI is InChI=1S/C25H22BrCl2F2N5O4S/c1-25(13-15-2-4-16(26)5-3-15)23(37)34(19-11-17(27)10-18(28)12-19)24-31-14-20(35(24)25)40(38,39)33-8-6-32(7-9-33)22(36)21(29)30/h2-5,10-12,14,21H,6-9,13H2,1H3. The second-order valence-corrected chi connectivity index (χ2v) is 13.3. The van der Waals surface area contributed by atoms with Crippen LogP contribution in [0.25, 0.3) is 0 Å². The molecule has 0 aliphatic carbocycles. The molecule has 0 bridgehead atoms. The van der Waals surface area contributed by atoms with E-state index in [0.717, 1.165) is 19.2 Å². The first-order valence-corrected chi connectivity index (χ1v) is 15.0. The van der Waals surface area contributed by atoms with Gasteiger partial charge in [0.15, 0.2) is 5.03 Å². The molecule has 2 aliphatic rings. The van der Waals surface area contributed by atoms with Crippen LogP contribution in [0.15, 0.2) is 58.2 Å². The molecule has 212 valence electrons. The van der Waals surface area contributed by atoms with Crippen LogP contribution in [0.3, 0.4) is 0 Å².